The van der Waals surface area contributed by atoms with Crippen LogP contribution in [-0.4, -0.2) is 36.0 Å². The molecule has 21 heavy (non-hydrogen) atoms. The second kappa shape index (κ2) is 6.31. The molecule has 0 bridgehead atoms. The number of thiophene rings is 1. The monoisotopic (exact) mass is 310 g/mol. The minimum atomic E-state index is -1.17. The molecule has 3 N–H and O–H groups in total. The highest BCUT2D eigenvalue weighted by Crippen LogP contribution is 2.26. The average Bonchev–Trinajstić information content (AvgIpc) is 2.85. The van der Waals surface area contributed by atoms with Gasteiger partial charge < -0.3 is 15.7 Å². The van der Waals surface area contributed by atoms with Crippen LogP contribution in [0.1, 0.15) is 9.67 Å². The highest BCUT2D eigenvalue weighted by atomic mass is 32.1. The number of carbonyl (C=O) groups is 3. The van der Waals surface area contributed by atoms with Crippen molar-refractivity contribution in [2.45, 2.75) is 0 Å². The lowest BCUT2D eigenvalue weighted by Crippen LogP contribution is -2.38. The van der Waals surface area contributed by atoms with E-state index >= 15 is 0 Å². The van der Waals surface area contributed by atoms with Gasteiger partial charge in [0.1, 0.15) is 12.4 Å². The number of nitrogens with one attached hydrogen (secondary N) is 2. The van der Waals surface area contributed by atoms with Crippen LogP contribution in [0.4, 0.5) is 4.39 Å². The number of hydrogen-bond donors (Lipinski definition) is 3. The lowest BCUT2D eigenvalue weighted by atomic mass is 10.2. The van der Waals surface area contributed by atoms with Crippen LogP contribution in [-0.2, 0) is 9.59 Å². The Morgan fingerprint density at radius 2 is 1.90 bits per heavy atom. The molecule has 0 fully saturated rings. The zero-order chi connectivity index (χ0) is 15.4. The molecule has 0 spiro atoms. The quantitative estimate of drug-likeness (QED) is 0.767. The second-order valence-corrected chi connectivity index (χ2v) is 5.23. The molecule has 0 saturated heterocycles. The maximum Gasteiger partial charge on any atom is 0.322 e. The fourth-order valence-electron chi connectivity index (χ4n) is 1.61. The van der Waals surface area contributed by atoms with Crippen molar-refractivity contribution in [3.63, 3.8) is 0 Å². The Balaban J connectivity index is 1.96. The molecule has 1 aromatic heterocycles. The number of carbonyl (C=O) groups excluding carboxylic acids is 2. The van der Waals surface area contributed by atoms with Crippen LogP contribution in [0.2, 0.25) is 0 Å². The van der Waals surface area contributed by atoms with Crippen LogP contribution in [0.5, 0.6) is 0 Å². The Morgan fingerprint density at radius 1 is 1.14 bits per heavy atom. The summed E-state index contributed by atoms with van der Waals surface area (Å²) in [6, 6.07) is 5.74. The topological polar surface area (TPSA) is 95.5 Å². The molecule has 0 radical (unpaired) electrons. The third-order valence-electron chi connectivity index (χ3n) is 2.55. The van der Waals surface area contributed by atoms with Gasteiger partial charge in [0, 0.05) is 4.70 Å². The van der Waals surface area contributed by atoms with Crippen LogP contribution < -0.4 is 10.6 Å². The first kappa shape index (κ1) is 14.9. The van der Waals surface area contributed by atoms with Gasteiger partial charge in [0.2, 0.25) is 5.91 Å². The fraction of sp³-hybridized carbons (Fsp3) is 0.154. The van der Waals surface area contributed by atoms with Crippen molar-refractivity contribution >= 4 is 39.2 Å². The molecule has 8 heteroatoms. The van der Waals surface area contributed by atoms with E-state index in [1.54, 1.807) is 6.07 Å². The summed E-state index contributed by atoms with van der Waals surface area (Å²) < 4.78 is 13.8. The van der Waals surface area contributed by atoms with Gasteiger partial charge in [-0.05, 0) is 29.7 Å². The summed E-state index contributed by atoms with van der Waals surface area (Å²) in [6.45, 7) is -0.828. The van der Waals surface area contributed by atoms with Gasteiger partial charge in [-0.1, -0.05) is 0 Å². The average molecular weight is 310 g/mol. The van der Waals surface area contributed by atoms with Crippen LogP contribution in [0.3, 0.4) is 0 Å². The van der Waals surface area contributed by atoms with Crippen molar-refractivity contribution < 1.29 is 23.9 Å². The summed E-state index contributed by atoms with van der Waals surface area (Å²) in [4.78, 5) is 33.7. The van der Waals surface area contributed by atoms with Crippen LogP contribution >= 0.6 is 11.3 Å². The van der Waals surface area contributed by atoms with Gasteiger partial charge in [-0.3, -0.25) is 14.4 Å². The molecule has 2 aromatic rings. The molecule has 2 rings (SSSR count). The van der Waals surface area contributed by atoms with Gasteiger partial charge in [-0.2, -0.15) is 0 Å². The standard InChI is InChI=1S/C13H11FN2O4S/c14-8-1-2-9-7(3-8)4-10(21-9)13(20)16-5-11(17)15-6-12(18)19/h1-4H,5-6H2,(H,15,17)(H,16,20)(H,18,19). The predicted octanol–water partition coefficient (Wildman–Crippen LogP) is 0.971. The number of hydrogen-bond acceptors (Lipinski definition) is 4. The summed E-state index contributed by atoms with van der Waals surface area (Å²) in [7, 11) is 0. The van der Waals surface area contributed by atoms with Crippen molar-refractivity contribution in [2.24, 2.45) is 0 Å². The fourth-order valence-corrected chi connectivity index (χ4v) is 2.57. The van der Waals surface area contributed by atoms with Crippen molar-refractivity contribution in [1.29, 1.82) is 0 Å². The molecular weight excluding hydrogens is 299 g/mol. The third kappa shape index (κ3) is 3.99. The third-order valence-corrected chi connectivity index (χ3v) is 3.66. The van der Waals surface area contributed by atoms with E-state index in [0.717, 1.165) is 4.70 Å². The van der Waals surface area contributed by atoms with Gasteiger partial charge in [-0.25, -0.2) is 4.39 Å². The molecule has 6 nitrogen and oxygen atoms in total. The van der Waals surface area contributed by atoms with Gasteiger partial charge >= 0.3 is 5.97 Å². The van der Waals surface area contributed by atoms with Crippen molar-refractivity contribution in [3.05, 3.63) is 35.0 Å². The number of rotatable bonds is 5. The van der Waals surface area contributed by atoms with E-state index in [9.17, 15) is 18.8 Å². The van der Waals surface area contributed by atoms with Crippen LogP contribution in [0.25, 0.3) is 10.1 Å². The molecule has 0 unspecified atom stereocenters. The lowest BCUT2D eigenvalue weighted by molar-refractivity contribution is -0.137. The van der Waals surface area contributed by atoms with Gasteiger partial charge in [0.05, 0.1) is 11.4 Å². The first-order valence-corrected chi connectivity index (χ1v) is 6.73. The minimum absolute atomic E-state index is 0.325. The number of aliphatic carboxylic acids is 1. The zero-order valence-corrected chi connectivity index (χ0v) is 11.5. The Bertz CT molecular complexity index is 713. The van der Waals surface area contributed by atoms with E-state index in [1.165, 1.54) is 29.5 Å². The molecule has 0 saturated carbocycles. The van der Waals surface area contributed by atoms with E-state index in [1.807, 2.05) is 0 Å². The molecule has 0 aliphatic rings. The number of benzene rings is 1. The van der Waals surface area contributed by atoms with E-state index in [0.29, 0.717) is 10.3 Å². The van der Waals surface area contributed by atoms with Gasteiger partial charge in [0.15, 0.2) is 0 Å². The molecule has 0 aliphatic carbocycles. The number of fused-ring (bicyclic) bond motifs is 1. The van der Waals surface area contributed by atoms with E-state index in [2.05, 4.69) is 10.6 Å². The predicted molar refractivity (Wildman–Crippen MR) is 74.8 cm³/mol. The van der Waals surface area contributed by atoms with Crippen LogP contribution in [0.15, 0.2) is 24.3 Å². The van der Waals surface area contributed by atoms with E-state index < -0.39 is 24.3 Å². The normalized spacial score (nSPS) is 10.3. The first-order chi connectivity index (χ1) is 9.95. The Hall–Kier alpha value is -2.48. The number of carboxylic acids is 1. The Labute approximate surface area is 122 Å². The summed E-state index contributed by atoms with van der Waals surface area (Å²) in [5.41, 5.74) is 0. The maximum atomic E-state index is 13.1. The molecular formula is C13H11FN2O4S. The van der Waals surface area contributed by atoms with Crippen molar-refractivity contribution in [1.82, 2.24) is 10.6 Å². The van der Waals surface area contributed by atoms with Crippen molar-refractivity contribution in [2.75, 3.05) is 13.1 Å². The Kier molecular flexibility index (Phi) is 4.49. The van der Waals surface area contributed by atoms with E-state index in [4.69, 9.17) is 5.11 Å². The van der Waals surface area contributed by atoms with Gasteiger partial charge in [0.25, 0.3) is 5.91 Å². The van der Waals surface area contributed by atoms with Crippen LogP contribution in [0, 0.1) is 5.82 Å². The maximum absolute atomic E-state index is 13.1. The van der Waals surface area contributed by atoms with Crippen molar-refractivity contribution in [3.8, 4) is 0 Å². The Morgan fingerprint density at radius 3 is 2.62 bits per heavy atom. The number of halogens is 1. The summed E-state index contributed by atoms with van der Waals surface area (Å²) in [5.74, 6) is -2.62. The zero-order valence-electron chi connectivity index (χ0n) is 10.7. The molecule has 1 heterocycles. The summed E-state index contributed by atoms with van der Waals surface area (Å²) >= 11 is 1.18. The highest BCUT2D eigenvalue weighted by Gasteiger charge is 2.12. The second-order valence-electron chi connectivity index (χ2n) is 4.15. The molecule has 110 valence electrons. The smallest absolute Gasteiger partial charge is 0.322 e. The largest absolute Gasteiger partial charge is 0.480 e. The molecule has 0 aliphatic heterocycles. The number of amides is 2. The van der Waals surface area contributed by atoms with Gasteiger partial charge in [-0.15, -0.1) is 11.3 Å². The minimum Gasteiger partial charge on any atom is -0.480 e. The lowest BCUT2D eigenvalue weighted by Gasteiger charge is -2.03. The summed E-state index contributed by atoms with van der Waals surface area (Å²) in [6.07, 6.45) is 0. The molecule has 0 atom stereocenters. The molecule has 2 amide bonds. The SMILES string of the molecule is O=C(O)CNC(=O)CNC(=O)c1cc2cc(F)ccc2s1. The van der Waals surface area contributed by atoms with E-state index in [-0.39, 0.29) is 12.4 Å². The molecule has 1 aromatic carbocycles. The highest BCUT2D eigenvalue weighted by molar-refractivity contribution is 7.20. The summed E-state index contributed by atoms with van der Waals surface area (Å²) in [5, 5.41) is 13.5. The first-order valence-electron chi connectivity index (χ1n) is 5.91. The number of carboxylic acid groups (broad SMARTS) is 1.